The molecule has 0 aromatic heterocycles. The summed E-state index contributed by atoms with van der Waals surface area (Å²) in [4.78, 5) is 22.7. The zero-order valence-corrected chi connectivity index (χ0v) is 9.06. The van der Waals surface area contributed by atoms with E-state index in [-0.39, 0.29) is 51.7 Å². The van der Waals surface area contributed by atoms with E-state index in [0.29, 0.717) is 0 Å². The van der Waals surface area contributed by atoms with E-state index < -0.39 is 6.72 Å². The minimum absolute atomic E-state index is 0. The second kappa shape index (κ2) is 4.03. The van der Waals surface area contributed by atoms with Gasteiger partial charge in [-0.25, -0.2) is 0 Å². The molecule has 0 radical (unpaired) electrons. The molecule has 0 heterocycles. The average Bonchev–Trinajstić information content (AvgIpc) is 0.722. The molecule has 0 rings (SSSR count). The minimum Gasteiger partial charge on any atom is -1.00 e. The molecule has 0 aromatic rings. The van der Waals surface area contributed by atoms with Gasteiger partial charge in [-0.05, 0) is 11.8 Å². The topological polar surface area (TPSA) is 60.7 Å². The first-order valence-corrected chi connectivity index (χ1v) is 3.44. The molecular formula is H5BaO3PS. The number of hydrogen-bond acceptors (Lipinski definition) is 1. The van der Waals surface area contributed by atoms with Crippen molar-refractivity contribution in [3.8, 4) is 0 Å². The van der Waals surface area contributed by atoms with E-state index in [1.807, 2.05) is 0 Å². The largest absolute Gasteiger partial charge is 2.00 e. The predicted octanol–water partition coefficient (Wildman–Crippen LogP) is -0.968. The molecule has 0 unspecified atom stereocenters. The summed E-state index contributed by atoms with van der Waals surface area (Å²) in [7, 11) is 0. The smallest absolute Gasteiger partial charge is 1.00 e. The van der Waals surface area contributed by atoms with Gasteiger partial charge < -0.3 is 17.5 Å². The first-order chi connectivity index (χ1) is 2.00. The molecule has 0 amide bonds. The summed E-state index contributed by atoms with van der Waals surface area (Å²) in [5, 5.41) is 0. The molecule has 0 atom stereocenters. The molecule has 0 bridgehead atoms. The van der Waals surface area contributed by atoms with Gasteiger partial charge in [0.1, 0.15) is 0 Å². The Kier molecular flexibility index (Phi) is 7.37. The Morgan fingerprint density at radius 1 is 1.33 bits per heavy atom. The maximum atomic E-state index is 7.56. The SMILES string of the molecule is OP(O)(O)=S.[Ba+2].[H-].[H-]. The van der Waals surface area contributed by atoms with Gasteiger partial charge in [-0.2, -0.15) is 0 Å². The average molecular weight is 253 g/mol. The first-order valence-electron chi connectivity index (χ1n) is 0.783. The first kappa shape index (κ1) is 11.0. The van der Waals surface area contributed by atoms with Gasteiger partial charge in [0.25, 0.3) is 0 Å². The Bertz CT molecular complexity index is 63.4. The summed E-state index contributed by atoms with van der Waals surface area (Å²) in [5.41, 5.74) is 0. The fourth-order valence-corrected chi connectivity index (χ4v) is 0. The molecule has 0 spiro atoms. The Balaban J connectivity index is -0.0000000267. The second-order valence-corrected chi connectivity index (χ2v) is 3.01. The van der Waals surface area contributed by atoms with Crippen molar-refractivity contribution in [3.63, 3.8) is 0 Å². The molecule has 6 heteroatoms. The van der Waals surface area contributed by atoms with Crippen LogP contribution in [0.15, 0.2) is 0 Å². The van der Waals surface area contributed by atoms with Crippen LogP contribution in [0, 0.1) is 0 Å². The molecule has 3 N–H and O–H groups in total. The fourth-order valence-electron chi connectivity index (χ4n) is 0. The Morgan fingerprint density at radius 3 is 1.33 bits per heavy atom. The van der Waals surface area contributed by atoms with E-state index in [1.54, 1.807) is 0 Å². The predicted molar refractivity (Wildman–Crippen MR) is 28.9 cm³/mol. The van der Waals surface area contributed by atoms with Crippen LogP contribution in [0.25, 0.3) is 0 Å². The Hall–Kier alpha value is 2.10. The molecule has 0 aliphatic heterocycles. The zero-order valence-electron chi connectivity index (χ0n) is 4.90. The molecule has 0 aromatic carbocycles. The molecule has 3 nitrogen and oxygen atoms in total. The summed E-state index contributed by atoms with van der Waals surface area (Å²) in [5.74, 6) is 0. The van der Waals surface area contributed by atoms with Crippen LogP contribution in [0.4, 0.5) is 0 Å². The van der Waals surface area contributed by atoms with E-state index in [9.17, 15) is 0 Å². The van der Waals surface area contributed by atoms with Crippen molar-refractivity contribution >= 4 is 67.4 Å². The number of rotatable bonds is 0. The van der Waals surface area contributed by atoms with Crippen molar-refractivity contribution in [2.24, 2.45) is 0 Å². The summed E-state index contributed by atoms with van der Waals surface area (Å²) in [6, 6.07) is 0. The normalized spacial score (nSPS) is 9.83. The monoisotopic (exact) mass is 254 g/mol. The third-order valence-corrected chi connectivity index (χ3v) is 0. The Labute approximate surface area is 83.7 Å². The van der Waals surface area contributed by atoms with Crippen LogP contribution in [0.1, 0.15) is 2.85 Å². The van der Waals surface area contributed by atoms with E-state index in [2.05, 4.69) is 11.8 Å². The van der Waals surface area contributed by atoms with E-state index in [0.717, 1.165) is 0 Å². The van der Waals surface area contributed by atoms with Crippen molar-refractivity contribution in [1.29, 1.82) is 0 Å². The van der Waals surface area contributed by atoms with Gasteiger partial charge in [0.05, 0.1) is 0 Å². The summed E-state index contributed by atoms with van der Waals surface area (Å²) in [6.45, 7) is -3.81. The van der Waals surface area contributed by atoms with Crippen molar-refractivity contribution in [3.05, 3.63) is 0 Å². The van der Waals surface area contributed by atoms with Crippen LogP contribution in [0.5, 0.6) is 0 Å². The summed E-state index contributed by atoms with van der Waals surface area (Å²) in [6.07, 6.45) is 0. The van der Waals surface area contributed by atoms with Crippen LogP contribution in [0.2, 0.25) is 0 Å². The van der Waals surface area contributed by atoms with Crippen LogP contribution in [-0.2, 0) is 11.8 Å². The van der Waals surface area contributed by atoms with E-state index in [1.165, 1.54) is 0 Å². The fraction of sp³-hybridized carbons (Fsp3) is 0. The van der Waals surface area contributed by atoms with Gasteiger partial charge in [0.2, 0.25) is 0 Å². The van der Waals surface area contributed by atoms with Crippen molar-refractivity contribution in [2.75, 3.05) is 0 Å². The third-order valence-electron chi connectivity index (χ3n) is 0. The quantitative estimate of drug-likeness (QED) is 0.384. The second-order valence-electron chi connectivity index (χ2n) is 0.513. The standard InChI is InChI=1S/Ba.H3O3PS.2H/c;1-4(2,3)5;;/h;(H3,1,2,3,5);;/q+2;;2*-1. The van der Waals surface area contributed by atoms with Crippen molar-refractivity contribution in [2.45, 2.75) is 0 Å². The van der Waals surface area contributed by atoms with Gasteiger partial charge in [-0.15, -0.1) is 0 Å². The van der Waals surface area contributed by atoms with Gasteiger partial charge in [-0.3, -0.25) is 0 Å². The molecule has 0 saturated heterocycles. The van der Waals surface area contributed by atoms with E-state index in [4.69, 9.17) is 14.7 Å². The summed E-state index contributed by atoms with van der Waals surface area (Å²) >= 11 is 3.60. The maximum Gasteiger partial charge on any atom is 2.00 e. The summed E-state index contributed by atoms with van der Waals surface area (Å²) < 4.78 is 0. The molecule has 36 valence electrons. The van der Waals surface area contributed by atoms with E-state index >= 15 is 0 Å². The molecular weight excluding hydrogens is 248 g/mol. The molecule has 0 saturated carbocycles. The van der Waals surface area contributed by atoms with Crippen LogP contribution < -0.4 is 0 Å². The van der Waals surface area contributed by atoms with Gasteiger partial charge in [0, 0.05) is 0 Å². The van der Waals surface area contributed by atoms with Crippen LogP contribution in [-0.4, -0.2) is 63.6 Å². The Morgan fingerprint density at radius 2 is 1.33 bits per heavy atom. The third kappa shape index (κ3) is 36.0. The van der Waals surface area contributed by atoms with Crippen LogP contribution >= 0.6 is 6.72 Å². The molecule has 0 aliphatic rings. The van der Waals surface area contributed by atoms with Crippen LogP contribution in [0.3, 0.4) is 0 Å². The van der Waals surface area contributed by atoms with Crippen molar-refractivity contribution in [1.82, 2.24) is 0 Å². The van der Waals surface area contributed by atoms with Gasteiger partial charge in [-0.1, -0.05) is 0 Å². The minimum atomic E-state index is -3.81. The molecule has 0 fully saturated rings. The number of hydrogen-bond donors (Lipinski definition) is 3. The molecule has 6 heavy (non-hydrogen) atoms. The van der Waals surface area contributed by atoms with Gasteiger partial charge >= 0.3 is 55.6 Å². The van der Waals surface area contributed by atoms with Crippen molar-refractivity contribution < 1.29 is 17.5 Å². The zero-order chi connectivity index (χ0) is 4.50. The maximum absolute atomic E-state index is 7.56. The molecule has 0 aliphatic carbocycles. The van der Waals surface area contributed by atoms with Gasteiger partial charge in [0.15, 0.2) is 0 Å².